The van der Waals surface area contributed by atoms with Gasteiger partial charge in [0.15, 0.2) is 8.32 Å². The topological polar surface area (TPSA) is 77.4 Å². The molecule has 206 valence electrons. The second kappa shape index (κ2) is 12.5. The number of hydrogen-bond acceptors (Lipinski definition) is 6. The first-order valence-corrected chi connectivity index (χ1v) is 16.6. The van der Waals surface area contributed by atoms with Crippen molar-refractivity contribution in [2.45, 2.75) is 96.6 Å². The lowest BCUT2D eigenvalue weighted by Crippen LogP contribution is -2.40. The monoisotopic (exact) mass is 530 g/mol. The van der Waals surface area contributed by atoms with Crippen LogP contribution < -0.4 is 18.9 Å². The van der Waals surface area contributed by atoms with Crippen molar-refractivity contribution in [2.75, 3.05) is 20.3 Å². The molecule has 0 fully saturated rings. The fourth-order valence-corrected chi connectivity index (χ4v) is 5.00. The van der Waals surface area contributed by atoms with Crippen molar-refractivity contribution in [1.82, 2.24) is 0 Å². The minimum Gasteiger partial charge on any atom is -0.496 e. The highest BCUT2D eigenvalue weighted by molar-refractivity contribution is 6.72. The summed E-state index contributed by atoms with van der Waals surface area (Å²) in [7, 11) is -0.722. The third kappa shape index (κ3) is 7.21. The SMILES string of the molecule is CCCCOc1cc(OCCCC)c2c(c1)O[C@H](c1ccc(CC(C)(C)[Si](C)(C)O)c(OC)c1)[C@@H](O)C2. The van der Waals surface area contributed by atoms with Gasteiger partial charge in [-0.25, -0.2) is 0 Å². The zero-order valence-electron chi connectivity index (χ0n) is 23.7. The minimum absolute atomic E-state index is 0.218. The second-order valence-electron chi connectivity index (χ2n) is 11.3. The van der Waals surface area contributed by atoms with Crippen LogP contribution in [0.15, 0.2) is 30.3 Å². The summed E-state index contributed by atoms with van der Waals surface area (Å²) in [6.07, 6.45) is 3.90. The number of ether oxygens (including phenoxy) is 4. The molecule has 37 heavy (non-hydrogen) atoms. The minimum atomic E-state index is -2.38. The Labute approximate surface area is 224 Å². The van der Waals surface area contributed by atoms with Gasteiger partial charge in [0.2, 0.25) is 0 Å². The van der Waals surface area contributed by atoms with Crippen LogP contribution >= 0.6 is 0 Å². The number of rotatable bonds is 13. The summed E-state index contributed by atoms with van der Waals surface area (Å²) >= 11 is 0. The first kappa shape index (κ1) is 29.3. The van der Waals surface area contributed by atoms with Crippen LogP contribution in [0.3, 0.4) is 0 Å². The van der Waals surface area contributed by atoms with Crippen molar-refractivity contribution in [1.29, 1.82) is 0 Å². The van der Waals surface area contributed by atoms with Gasteiger partial charge in [0, 0.05) is 24.1 Å². The molecule has 2 atom stereocenters. The lowest BCUT2D eigenvalue weighted by Gasteiger charge is -2.36. The lowest BCUT2D eigenvalue weighted by atomic mass is 9.92. The molecule has 0 aromatic heterocycles. The average molecular weight is 531 g/mol. The van der Waals surface area contributed by atoms with E-state index in [0.717, 1.165) is 59.6 Å². The molecule has 3 rings (SSSR count). The number of aliphatic hydroxyl groups excluding tert-OH is 1. The van der Waals surface area contributed by atoms with E-state index in [1.165, 1.54) is 0 Å². The Kier molecular flexibility index (Phi) is 9.95. The summed E-state index contributed by atoms with van der Waals surface area (Å²) in [6.45, 7) is 13.7. The predicted octanol–water partition coefficient (Wildman–Crippen LogP) is 6.61. The summed E-state index contributed by atoms with van der Waals surface area (Å²) < 4.78 is 24.3. The van der Waals surface area contributed by atoms with Gasteiger partial charge < -0.3 is 28.8 Å². The maximum absolute atomic E-state index is 11.2. The highest BCUT2D eigenvalue weighted by Crippen LogP contribution is 2.45. The first-order valence-electron chi connectivity index (χ1n) is 13.7. The van der Waals surface area contributed by atoms with E-state index >= 15 is 0 Å². The Balaban J connectivity index is 1.90. The van der Waals surface area contributed by atoms with E-state index in [2.05, 4.69) is 27.7 Å². The van der Waals surface area contributed by atoms with Gasteiger partial charge in [0.1, 0.15) is 29.1 Å². The number of hydrogen-bond donors (Lipinski definition) is 2. The van der Waals surface area contributed by atoms with Crippen LogP contribution in [-0.4, -0.2) is 44.6 Å². The van der Waals surface area contributed by atoms with Crippen LogP contribution in [0.4, 0.5) is 0 Å². The van der Waals surface area contributed by atoms with Crippen molar-refractivity contribution in [3.8, 4) is 23.0 Å². The highest BCUT2D eigenvalue weighted by Gasteiger charge is 2.39. The number of methoxy groups -OCH3 is 1. The van der Waals surface area contributed by atoms with Gasteiger partial charge >= 0.3 is 0 Å². The van der Waals surface area contributed by atoms with Gasteiger partial charge in [-0.15, -0.1) is 0 Å². The van der Waals surface area contributed by atoms with E-state index in [-0.39, 0.29) is 5.04 Å². The molecule has 6 nitrogen and oxygen atoms in total. The average Bonchev–Trinajstić information content (AvgIpc) is 2.84. The van der Waals surface area contributed by atoms with Crippen molar-refractivity contribution in [2.24, 2.45) is 0 Å². The zero-order chi connectivity index (χ0) is 27.2. The summed E-state index contributed by atoms with van der Waals surface area (Å²) in [6, 6.07) is 9.82. The molecule has 0 spiro atoms. The number of unbranched alkanes of at least 4 members (excludes halogenated alkanes) is 2. The van der Waals surface area contributed by atoms with Gasteiger partial charge in [-0.2, -0.15) is 0 Å². The van der Waals surface area contributed by atoms with Crippen LogP contribution in [-0.2, 0) is 12.8 Å². The molecular formula is C30H46O6Si. The Morgan fingerprint density at radius 2 is 1.68 bits per heavy atom. The van der Waals surface area contributed by atoms with Crippen molar-refractivity contribution in [3.63, 3.8) is 0 Å². The van der Waals surface area contributed by atoms with Gasteiger partial charge in [-0.05, 0) is 54.6 Å². The smallest absolute Gasteiger partial charge is 0.188 e. The third-order valence-electron chi connectivity index (χ3n) is 7.61. The summed E-state index contributed by atoms with van der Waals surface area (Å²) in [5, 5.41) is 10.9. The molecule has 1 heterocycles. The quantitative estimate of drug-likeness (QED) is 0.224. The molecule has 0 amide bonds. The Morgan fingerprint density at radius 1 is 1.00 bits per heavy atom. The fraction of sp³-hybridized carbons (Fsp3) is 0.600. The van der Waals surface area contributed by atoms with Gasteiger partial charge in [-0.3, -0.25) is 0 Å². The molecule has 0 unspecified atom stereocenters. The standard InChI is InChI=1S/C30H46O6Si/c1-8-10-14-34-23-17-27(35-15-11-9-2)24-19-25(31)29(36-28(24)18-23)21-12-13-22(26(16-21)33-5)20-30(3,4)37(6,7)32/h12-13,16-18,25,29,31-32H,8-11,14-15,19-20H2,1-7H3/t25-,29+/m0/s1. The summed E-state index contributed by atoms with van der Waals surface area (Å²) in [5.41, 5.74) is 2.76. The van der Waals surface area contributed by atoms with E-state index in [4.69, 9.17) is 18.9 Å². The predicted molar refractivity (Wildman–Crippen MR) is 151 cm³/mol. The molecule has 2 N–H and O–H groups in total. The molecule has 1 aliphatic rings. The largest absolute Gasteiger partial charge is 0.496 e. The Morgan fingerprint density at radius 3 is 2.30 bits per heavy atom. The molecule has 2 aromatic carbocycles. The molecule has 1 aliphatic heterocycles. The van der Waals surface area contributed by atoms with Crippen molar-refractivity contribution < 1.29 is 28.8 Å². The normalized spacial score (nSPS) is 17.6. The number of fused-ring (bicyclic) bond motifs is 1. The number of aliphatic hydroxyl groups is 1. The number of benzene rings is 2. The molecule has 0 saturated carbocycles. The van der Waals surface area contributed by atoms with Crippen LogP contribution in [0.25, 0.3) is 0 Å². The van der Waals surface area contributed by atoms with Crippen LogP contribution in [0.5, 0.6) is 23.0 Å². The van der Waals surface area contributed by atoms with Gasteiger partial charge in [0.25, 0.3) is 0 Å². The lowest BCUT2D eigenvalue weighted by molar-refractivity contribution is 0.0194. The molecule has 7 heteroatoms. The first-order chi connectivity index (χ1) is 17.5. The third-order valence-corrected chi connectivity index (χ3v) is 11.1. The van der Waals surface area contributed by atoms with Crippen LogP contribution in [0.1, 0.15) is 76.2 Å². The molecule has 0 aliphatic carbocycles. The van der Waals surface area contributed by atoms with Crippen LogP contribution in [0.2, 0.25) is 18.1 Å². The maximum atomic E-state index is 11.2. The summed E-state index contributed by atoms with van der Waals surface area (Å²) in [4.78, 5) is 10.8. The highest BCUT2D eigenvalue weighted by atomic mass is 28.4. The van der Waals surface area contributed by atoms with E-state index in [9.17, 15) is 9.90 Å². The Bertz CT molecular complexity index is 1030. The molecular weight excluding hydrogens is 484 g/mol. The van der Waals surface area contributed by atoms with E-state index in [0.29, 0.717) is 31.8 Å². The van der Waals surface area contributed by atoms with Crippen molar-refractivity contribution in [3.05, 3.63) is 47.0 Å². The van der Waals surface area contributed by atoms with Gasteiger partial charge in [-0.1, -0.05) is 52.7 Å². The van der Waals surface area contributed by atoms with Crippen LogP contribution in [0, 0.1) is 0 Å². The van der Waals surface area contributed by atoms with E-state index in [1.54, 1.807) is 7.11 Å². The van der Waals surface area contributed by atoms with Gasteiger partial charge in [0.05, 0.1) is 26.4 Å². The fourth-order valence-electron chi connectivity index (χ4n) is 4.37. The molecule has 0 radical (unpaired) electrons. The molecule has 2 aromatic rings. The zero-order valence-corrected chi connectivity index (χ0v) is 24.7. The Hall–Kier alpha value is -2.22. The van der Waals surface area contributed by atoms with E-state index < -0.39 is 20.5 Å². The molecule has 0 saturated heterocycles. The van der Waals surface area contributed by atoms with Crippen molar-refractivity contribution >= 4 is 8.32 Å². The van der Waals surface area contributed by atoms with E-state index in [1.807, 2.05) is 43.4 Å². The second-order valence-corrected chi connectivity index (χ2v) is 15.8. The summed E-state index contributed by atoms with van der Waals surface area (Å²) in [5.74, 6) is 2.87. The molecule has 0 bridgehead atoms. The maximum Gasteiger partial charge on any atom is 0.188 e.